The summed E-state index contributed by atoms with van der Waals surface area (Å²) in [7, 11) is 0. The van der Waals surface area contributed by atoms with Crippen LogP contribution in [0, 0.1) is 5.41 Å². The molecule has 2 N–H and O–H groups in total. The van der Waals surface area contributed by atoms with Crippen LogP contribution in [-0.2, 0) is 24.3 Å². The highest BCUT2D eigenvalue weighted by molar-refractivity contribution is 5.83. The highest BCUT2D eigenvalue weighted by Gasteiger charge is 2.36. The first kappa shape index (κ1) is 19.4. The van der Waals surface area contributed by atoms with Crippen molar-refractivity contribution in [3.05, 3.63) is 35.3 Å². The van der Waals surface area contributed by atoms with Crippen molar-refractivity contribution in [1.29, 1.82) is 0 Å². The summed E-state index contributed by atoms with van der Waals surface area (Å²) in [4.78, 5) is 19.4. The van der Waals surface area contributed by atoms with Gasteiger partial charge in [0.2, 0.25) is 5.91 Å². The number of carbonyl (C=O) groups is 1. The Hall–Kier alpha value is -2.37. The zero-order valence-corrected chi connectivity index (χ0v) is 16.9. The van der Waals surface area contributed by atoms with Gasteiger partial charge in [-0.25, -0.2) is 0 Å². The number of anilines is 2. The molecule has 1 amide bonds. The Labute approximate surface area is 161 Å². The Kier molecular flexibility index (Phi) is 5.82. The Bertz CT molecular complexity index is 796. The van der Waals surface area contributed by atoms with Gasteiger partial charge in [-0.3, -0.25) is 14.9 Å². The number of carbonyl (C=O) groups excluding carboxylic acids is 1. The largest absolute Gasteiger partial charge is 0.338 e. The van der Waals surface area contributed by atoms with Crippen molar-refractivity contribution >= 4 is 17.4 Å². The number of nitrogens with one attached hydrogen (secondary N) is 2. The molecule has 146 valence electrons. The summed E-state index contributed by atoms with van der Waals surface area (Å²) in [6.45, 7) is 9.38. The van der Waals surface area contributed by atoms with E-state index < -0.39 is 0 Å². The van der Waals surface area contributed by atoms with E-state index in [2.05, 4.69) is 40.4 Å². The number of pyridine rings is 1. The van der Waals surface area contributed by atoms with Crippen molar-refractivity contribution < 1.29 is 4.79 Å². The number of aromatic nitrogens is 3. The van der Waals surface area contributed by atoms with Gasteiger partial charge >= 0.3 is 0 Å². The average Bonchev–Trinajstić information content (AvgIpc) is 3.24. The third-order valence-electron chi connectivity index (χ3n) is 5.33. The first-order chi connectivity index (χ1) is 13.0. The number of hydrogen-bond donors (Lipinski definition) is 2. The van der Waals surface area contributed by atoms with Gasteiger partial charge in [0.1, 0.15) is 0 Å². The Morgan fingerprint density at radius 1 is 1.15 bits per heavy atom. The summed E-state index contributed by atoms with van der Waals surface area (Å²) in [6.07, 6.45) is 7.04. The molecule has 2 aliphatic rings. The molecule has 0 spiro atoms. The van der Waals surface area contributed by atoms with E-state index >= 15 is 0 Å². The lowest BCUT2D eigenvalue weighted by Gasteiger charge is -2.29. The maximum absolute atomic E-state index is 13.0. The maximum atomic E-state index is 13.0. The molecule has 27 heavy (non-hydrogen) atoms. The Balaban J connectivity index is 0.00000102. The second-order valence-corrected chi connectivity index (χ2v) is 7.80. The second-order valence-electron chi connectivity index (χ2n) is 7.80. The smallest absolute Gasteiger partial charge is 0.228 e. The van der Waals surface area contributed by atoms with E-state index in [1.807, 2.05) is 31.0 Å². The number of amides is 1. The van der Waals surface area contributed by atoms with Crippen molar-refractivity contribution in [2.45, 2.75) is 72.9 Å². The third-order valence-corrected chi connectivity index (χ3v) is 5.33. The molecule has 0 saturated heterocycles. The molecule has 0 fully saturated rings. The summed E-state index contributed by atoms with van der Waals surface area (Å²) in [5.74, 6) is 1.05. The molecule has 0 aromatic carbocycles. The van der Waals surface area contributed by atoms with Gasteiger partial charge in [0, 0.05) is 28.6 Å². The fraction of sp³-hybridized carbons (Fsp3) is 0.571. The summed E-state index contributed by atoms with van der Waals surface area (Å²) in [5.41, 5.74) is 3.91. The Morgan fingerprint density at radius 2 is 1.96 bits per heavy atom. The van der Waals surface area contributed by atoms with E-state index in [4.69, 9.17) is 0 Å². The van der Waals surface area contributed by atoms with Gasteiger partial charge in [-0.1, -0.05) is 40.5 Å². The van der Waals surface area contributed by atoms with Crippen LogP contribution in [0.4, 0.5) is 11.5 Å². The van der Waals surface area contributed by atoms with Crippen molar-refractivity contribution in [3.63, 3.8) is 0 Å². The first-order valence-corrected chi connectivity index (χ1v) is 10.1. The van der Waals surface area contributed by atoms with E-state index in [1.165, 1.54) is 0 Å². The molecule has 4 bridgehead atoms. The van der Waals surface area contributed by atoms with Crippen LogP contribution in [0.25, 0.3) is 0 Å². The summed E-state index contributed by atoms with van der Waals surface area (Å²) < 4.78 is 0. The lowest BCUT2D eigenvalue weighted by molar-refractivity contribution is -0.141. The quantitative estimate of drug-likeness (QED) is 0.714. The average molecular weight is 370 g/mol. The summed E-state index contributed by atoms with van der Waals surface area (Å²) in [5, 5.41) is 10.9. The minimum Gasteiger partial charge on any atom is -0.338 e. The van der Waals surface area contributed by atoms with Gasteiger partial charge in [-0.2, -0.15) is 5.10 Å². The molecule has 6 heteroatoms. The van der Waals surface area contributed by atoms with Crippen LogP contribution in [0.5, 0.6) is 0 Å². The van der Waals surface area contributed by atoms with Crippen LogP contribution >= 0.6 is 0 Å². The standard InChI is InChI=1S/C19H25N5O.C2H6/c1-19(2)8-5-3-4-6-13-10-14(7-9-20-13)21-17-15-11-24(18(19)25)12-16(15)22-23-17;1-2/h7,9-10H,3-6,8,11-12H2,1-2H3,(H2,21,22,23);1-2H3. The molecular formula is C21H31N5O. The van der Waals surface area contributed by atoms with Gasteiger partial charge in [0.25, 0.3) is 0 Å². The lowest BCUT2D eigenvalue weighted by Crippen LogP contribution is -2.38. The monoisotopic (exact) mass is 369 g/mol. The van der Waals surface area contributed by atoms with Gasteiger partial charge in [0.15, 0.2) is 5.82 Å². The highest BCUT2D eigenvalue weighted by atomic mass is 16.2. The van der Waals surface area contributed by atoms with E-state index in [0.29, 0.717) is 13.1 Å². The number of rotatable bonds is 0. The molecule has 0 aliphatic carbocycles. The lowest BCUT2D eigenvalue weighted by atomic mass is 9.85. The van der Waals surface area contributed by atoms with Crippen molar-refractivity contribution in [2.75, 3.05) is 5.32 Å². The van der Waals surface area contributed by atoms with Crippen LogP contribution < -0.4 is 5.32 Å². The van der Waals surface area contributed by atoms with Gasteiger partial charge in [0.05, 0.1) is 18.8 Å². The molecule has 2 aromatic heterocycles. The van der Waals surface area contributed by atoms with E-state index in [0.717, 1.165) is 60.6 Å². The minimum atomic E-state index is -0.319. The molecule has 0 saturated carbocycles. The summed E-state index contributed by atoms with van der Waals surface area (Å²) >= 11 is 0. The Morgan fingerprint density at radius 3 is 2.78 bits per heavy atom. The van der Waals surface area contributed by atoms with Crippen LogP contribution in [0.15, 0.2) is 18.3 Å². The molecule has 0 unspecified atom stereocenters. The van der Waals surface area contributed by atoms with Crippen molar-refractivity contribution in [2.24, 2.45) is 5.41 Å². The van der Waals surface area contributed by atoms with Gasteiger partial charge < -0.3 is 10.2 Å². The van der Waals surface area contributed by atoms with Gasteiger partial charge in [-0.05, 0) is 31.4 Å². The zero-order chi connectivity index (χ0) is 19.4. The number of hydrogen-bond acceptors (Lipinski definition) is 4. The first-order valence-electron chi connectivity index (χ1n) is 10.1. The molecule has 0 radical (unpaired) electrons. The molecule has 0 atom stereocenters. The molecule has 6 nitrogen and oxygen atoms in total. The fourth-order valence-corrected chi connectivity index (χ4v) is 3.80. The summed E-state index contributed by atoms with van der Waals surface area (Å²) in [6, 6.07) is 4.06. The van der Waals surface area contributed by atoms with E-state index in [-0.39, 0.29) is 11.3 Å². The predicted molar refractivity (Wildman–Crippen MR) is 108 cm³/mol. The van der Waals surface area contributed by atoms with Crippen molar-refractivity contribution in [3.8, 4) is 0 Å². The highest BCUT2D eigenvalue weighted by Crippen LogP contribution is 2.34. The third kappa shape index (κ3) is 4.15. The fourth-order valence-electron chi connectivity index (χ4n) is 3.80. The van der Waals surface area contributed by atoms with Gasteiger partial charge in [-0.15, -0.1) is 0 Å². The molecule has 4 rings (SSSR count). The predicted octanol–water partition coefficient (Wildman–Crippen LogP) is 4.56. The minimum absolute atomic E-state index is 0.236. The SMILES string of the molecule is CC.CC1(C)CCCCCc2cc(ccn2)Nc2n[nH]c3c2CN(C3)C1=O. The molecule has 2 aromatic rings. The van der Waals surface area contributed by atoms with Crippen LogP contribution in [0.2, 0.25) is 0 Å². The number of H-pyrrole nitrogens is 1. The maximum Gasteiger partial charge on any atom is 0.228 e. The van der Waals surface area contributed by atoms with Crippen LogP contribution in [0.1, 0.15) is 70.3 Å². The number of aryl methyl sites for hydroxylation is 1. The second kappa shape index (κ2) is 8.11. The molecule has 4 heterocycles. The number of aromatic amines is 1. The number of fused-ring (bicyclic) bond motifs is 3. The molecule has 2 aliphatic heterocycles. The van der Waals surface area contributed by atoms with E-state index in [9.17, 15) is 4.79 Å². The number of nitrogens with zero attached hydrogens (tertiary/aromatic N) is 3. The topological polar surface area (TPSA) is 73.9 Å². The van der Waals surface area contributed by atoms with E-state index in [1.54, 1.807) is 0 Å². The normalized spacial score (nSPS) is 18.7. The zero-order valence-electron chi connectivity index (χ0n) is 16.9. The molecular weight excluding hydrogens is 338 g/mol. The van der Waals surface area contributed by atoms with Crippen LogP contribution in [-0.4, -0.2) is 26.0 Å². The van der Waals surface area contributed by atoms with Crippen LogP contribution in [0.3, 0.4) is 0 Å². The van der Waals surface area contributed by atoms with Crippen molar-refractivity contribution in [1.82, 2.24) is 20.1 Å².